The van der Waals surface area contributed by atoms with Gasteiger partial charge in [-0.1, -0.05) is 18.9 Å². The van der Waals surface area contributed by atoms with Crippen molar-refractivity contribution >= 4 is 17.3 Å². The summed E-state index contributed by atoms with van der Waals surface area (Å²) >= 11 is 5.79. The molecule has 26 heavy (non-hydrogen) atoms. The predicted molar refractivity (Wildman–Crippen MR) is 109 cm³/mol. The fourth-order valence-electron chi connectivity index (χ4n) is 4.30. The second-order valence-electron chi connectivity index (χ2n) is 8.50. The van der Waals surface area contributed by atoms with E-state index >= 15 is 0 Å². The van der Waals surface area contributed by atoms with Crippen LogP contribution in [0.1, 0.15) is 69.8 Å². The van der Waals surface area contributed by atoms with E-state index < -0.39 is 0 Å². The lowest BCUT2D eigenvalue weighted by Gasteiger charge is -2.32. The van der Waals surface area contributed by atoms with Gasteiger partial charge in [0, 0.05) is 30.2 Å². The van der Waals surface area contributed by atoms with Gasteiger partial charge < -0.3 is 14.8 Å². The van der Waals surface area contributed by atoms with Gasteiger partial charge in [0.25, 0.3) is 0 Å². The van der Waals surface area contributed by atoms with E-state index in [1.54, 1.807) is 0 Å². The monoisotopic (exact) mass is 368 g/mol. The average Bonchev–Trinajstić information content (AvgIpc) is 3.33. The minimum absolute atomic E-state index is 0.0729. The molecule has 2 aliphatic rings. The van der Waals surface area contributed by atoms with E-state index in [0.29, 0.717) is 6.04 Å². The Morgan fingerprint density at radius 3 is 2.54 bits per heavy atom. The molecule has 1 N–H and O–H groups in total. The zero-order valence-corrected chi connectivity index (χ0v) is 16.7. The smallest absolute Gasteiger partial charge is 0.170 e. The topological polar surface area (TPSA) is 33.1 Å². The van der Waals surface area contributed by atoms with Gasteiger partial charge in [0.15, 0.2) is 5.11 Å². The summed E-state index contributed by atoms with van der Waals surface area (Å²) in [5.41, 5.74) is 2.45. The molecule has 5 heteroatoms. The lowest BCUT2D eigenvalue weighted by molar-refractivity contribution is 0.245. The van der Waals surface area contributed by atoms with Gasteiger partial charge in [0.1, 0.15) is 0 Å². The van der Waals surface area contributed by atoms with Crippen molar-refractivity contribution in [2.75, 3.05) is 0 Å². The molecule has 3 heterocycles. The van der Waals surface area contributed by atoms with Crippen LogP contribution in [0, 0.1) is 0 Å². The van der Waals surface area contributed by atoms with Crippen LogP contribution in [0.4, 0.5) is 0 Å². The summed E-state index contributed by atoms with van der Waals surface area (Å²) in [6, 6.07) is 9.21. The van der Waals surface area contributed by atoms with Crippen LogP contribution in [0.25, 0.3) is 0 Å². The van der Waals surface area contributed by atoms with Gasteiger partial charge in [-0.15, -0.1) is 0 Å². The number of aromatic nitrogens is 2. The number of thiocarbonyl (C=S) groups is 1. The summed E-state index contributed by atoms with van der Waals surface area (Å²) in [5.74, 6) is 0. The van der Waals surface area contributed by atoms with Crippen molar-refractivity contribution in [3.8, 4) is 0 Å². The maximum Gasteiger partial charge on any atom is 0.170 e. The molecule has 1 saturated heterocycles. The van der Waals surface area contributed by atoms with E-state index in [-0.39, 0.29) is 17.6 Å². The number of nitrogens with zero attached hydrogens (tertiary/aromatic N) is 3. The van der Waals surface area contributed by atoms with Crippen molar-refractivity contribution in [2.45, 2.75) is 70.1 Å². The summed E-state index contributed by atoms with van der Waals surface area (Å²) in [5, 5.41) is 4.46. The highest BCUT2D eigenvalue weighted by Crippen LogP contribution is 2.43. The minimum Gasteiger partial charge on any atom is -0.352 e. The van der Waals surface area contributed by atoms with Crippen molar-refractivity contribution < 1.29 is 0 Å². The van der Waals surface area contributed by atoms with Gasteiger partial charge in [0.2, 0.25) is 0 Å². The Morgan fingerprint density at radius 1 is 1.15 bits per heavy atom. The van der Waals surface area contributed by atoms with Crippen LogP contribution in [-0.4, -0.2) is 25.6 Å². The van der Waals surface area contributed by atoms with E-state index in [1.165, 1.54) is 31.2 Å². The Morgan fingerprint density at radius 2 is 1.92 bits per heavy atom. The maximum absolute atomic E-state index is 5.79. The van der Waals surface area contributed by atoms with Gasteiger partial charge in [0.05, 0.1) is 17.8 Å². The summed E-state index contributed by atoms with van der Waals surface area (Å²) in [7, 11) is 0. The van der Waals surface area contributed by atoms with Crippen LogP contribution in [-0.2, 0) is 5.54 Å². The first-order valence-electron chi connectivity index (χ1n) is 9.63. The molecule has 2 aromatic heterocycles. The molecular formula is C21H28N4S. The molecule has 2 aromatic rings. The van der Waals surface area contributed by atoms with Crippen molar-refractivity contribution in [2.24, 2.45) is 0 Å². The fraction of sp³-hybridized carbons (Fsp3) is 0.524. The van der Waals surface area contributed by atoms with Gasteiger partial charge >= 0.3 is 0 Å². The molecule has 0 amide bonds. The Bertz CT molecular complexity index is 771. The molecule has 2 atom stereocenters. The quantitative estimate of drug-likeness (QED) is 0.806. The van der Waals surface area contributed by atoms with Crippen LogP contribution in [0.15, 0.2) is 42.9 Å². The number of hydrogen-bond donors (Lipinski definition) is 1. The molecule has 1 saturated carbocycles. The van der Waals surface area contributed by atoms with Crippen molar-refractivity contribution in [1.82, 2.24) is 19.8 Å². The lowest BCUT2D eigenvalue weighted by atomic mass is 9.97. The third kappa shape index (κ3) is 3.13. The third-order valence-electron chi connectivity index (χ3n) is 5.69. The Labute approximate surface area is 161 Å². The van der Waals surface area contributed by atoms with Crippen LogP contribution in [0.2, 0.25) is 0 Å². The summed E-state index contributed by atoms with van der Waals surface area (Å²) in [6.07, 6.45) is 11.4. The first kappa shape index (κ1) is 17.5. The number of nitrogens with one attached hydrogen (secondary N) is 1. The Hall–Kier alpha value is -1.88. The van der Waals surface area contributed by atoms with Gasteiger partial charge in [-0.2, -0.15) is 0 Å². The normalized spacial score (nSPS) is 24.3. The molecule has 4 rings (SSSR count). The summed E-state index contributed by atoms with van der Waals surface area (Å²) < 4.78 is 2.30. The molecule has 4 nitrogen and oxygen atoms in total. The molecule has 0 spiro atoms. The predicted octanol–water partition coefficient (Wildman–Crippen LogP) is 4.55. The highest BCUT2D eigenvalue weighted by Gasteiger charge is 2.43. The van der Waals surface area contributed by atoms with Gasteiger partial charge in [-0.25, -0.2) is 0 Å². The molecule has 1 aliphatic heterocycles. The zero-order chi connectivity index (χ0) is 18.3. The SMILES string of the molecule is CC(C)(C)n1ccc(C2C(c3ccccn3)NC(=S)N2C2CCCC2)c1. The number of rotatable bonds is 3. The first-order valence-corrected chi connectivity index (χ1v) is 10.0. The minimum atomic E-state index is 0.0729. The summed E-state index contributed by atoms with van der Waals surface area (Å²) in [6.45, 7) is 6.71. The zero-order valence-electron chi connectivity index (χ0n) is 15.9. The second-order valence-corrected chi connectivity index (χ2v) is 8.88. The second kappa shape index (κ2) is 6.69. The average molecular weight is 369 g/mol. The number of pyridine rings is 1. The highest BCUT2D eigenvalue weighted by molar-refractivity contribution is 7.80. The molecule has 0 radical (unpaired) electrons. The van der Waals surface area contributed by atoms with Gasteiger partial charge in [-0.05, 0) is 69.6 Å². The first-order chi connectivity index (χ1) is 12.4. The van der Waals surface area contributed by atoms with Crippen molar-refractivity contribution in [1.29, 1.82) is 0 Å². The van der Waals surface area contributed by atoms with E-state index in [4.69, 9.17) is 12.2 Å². The van der Waals surface area contributed by atoms with Crippen molar-refractivity contribution in [3.05, 3.63) is 54.1 Å². The van der Waals surface area contributed by atoms with Gasteiger partial charge in [-0.3, -0.25) is 4.98 Å². The van der Waals surface area contributed by atoms with Crippen LogP contribution >= 0.6 is 12.2 Å². The van der Waals surface area contributed by atoms with Crippen LogP contribution < -0.4 is 5.32 Å². The molecule has 1 aliphatic carbocycles. The molecular weight excluding hydrogens is 340 g/mol. The van der Waals surface area contributed by atoms with E-state index in [2.05, 4.69) is 71.1 Å². The molecule has 138 valence electrons. The molecule has 2 fully saturated rings. The van der Waals surface area contributed by atoms with Crippen molar-refractivity contribution in [3.63, 3.8) is 0 Å². The lowest BCUT2D eigenvalue weighted by Crippen LogP contribution is -2.37. The van der Waals surface area contributed by atoms with E-state index in [1.807, 2.05) is 12.3 Å². The van der Waals surface area contributed by atoms with E-state index in [0.717, 1.165) is 10.8 Å². The molecule has 0 aromatic carbocycles. The molecule has 2 unspecified atom stereocenters. The number of hydrogen-bond acceptors (Lipinski definition) is 2. The Balaban J connectivity index is 1.75. The third-order valence-corrected chi connectivity index (χ3v) is 6.01. The maximum atomic E-state index is 5.79. The largest absolute Gasteiger partial charge is 0.352 e. The van der Waals surface area contributed by atoms with Crippen LogP contribution in [0.5, 0.6) is 0 Å². The Kier molecular flexibility index (Phi) is 4.51. The van der Waals surface area contributed by atoms with Crippen LogP contribution in [0.3, 0.4) is 0 Å². The molecule has 0 bridgehead atoms. The summed E-state index contributed by atoms with van der Waals surface area (Å²) in [4.78, 5) is 7.09. The highest BCUT2D eigenvalue weighted by atomic mass is 32.1. The standard InChI is InChI=1S/C21H28N4S/c1-21(2,3)24-13-11-15(14-24)19-18(17-10-6-7-12-22-17)23-20(26)25(19)16-8-4-5-9-16/h6-7,10-14,16,18-19H,4-5,8-9H2,1-3H3,(H,23,26). The van der Waals surface area contributed by atoms with E-state index in [9.17, 15) is 0 Å². The fourth-order valence-corrected chi connectivity index (χ4v) is 4.69.